The van der Waals surface area contributed by atoms with Crippen LogP contribution in [0.3, 0.4) is 0 Å². The number of carbonyl (C=O) groups is 1. The van der Waals surface area contributed by atoms with Crippen LogP contribution >= 0.6 is 11.6 Å². The fourth-order valence-corrected chi connectivity index (χ4v) is 3.45. The van der Waals surface area contributed by atoms with E-state index in [-0.39, 0.29) is 17.3 Å². The van der Waals surface area contributed by atoms with Crippen molar-refractivity contribution in [3.8, 4) is 5.88 Å². The minimum atomic E-state index is -0.226. The second-order valence-electron chi connectivity index (χ2n) is 6.03. The lowest BCUT2D eigenvalue weighted by molar-refractivity contribution is -0.146. The lowest BCUT2D eigenvalue weighted by Gasteiger charge is -2.35. The van der Waals surface area contributed by atoms with Crippen LogP contribution in [0.4, 0.5) is 0 Å². The normalized spacial score (nSPS) is 12.8. The molecule has 0 spiro atoms. The van der Waals surface area contributed by atoms with Crippen molar-refractivity contribution in [2.75, 3.05) is 20.8 Å². The molecule has 1 aromatic rings. The average Bonchev–Trinajstić information content (AvgIpc) is 2.62. The summed E-state index contributed by atoms with van der Waals surface area (Å²) in [6.07, 6.45) is 3.90. The average molecular weight is 357 g/mol. The largest absolute Gasteiger partial charge is 0.481 e. The van der Waals surface area contributed by atoms with Crippen LogP contribution < -0.4 is 10.5 Å². The van der Waals surface area contributed by atoms with Crippen LogP contribution in [0.2, 0.25) is 5.15 Å². The molecule has 1 unspecified atom stereocenters. The molecule has 1 heterocycles. The van der Waals surface area contributed by atoms with Crippen LogP contribution in [0.1, 0.15) is 51.5 Å². The van der Waals surface area contributed by atoms with Crippen LogP contribution in [-0.2, 0) is 14.9 Å². The second kappa shape index (κ2) is 9.84. The van der Waals surface area contributed by atoms with Gasteiger partial charge in [0.2, 0.25) is 5.88 Å². The number of nitrogens with zero attached hydrogens (tertiary/aromatic N) is 1. The van der Waals surface area contributed by atoms with Gasteiger partial charge in [-0.2, -0.15) is 0 Å². The molecule has 1 aromatic heterocycles. The van der Waals surface area contributed by atoms with E-state index in [0.717, 1.165) is 24.8 Å². The fraction of sp³-hybridized carbons (Fsp3) is 0.667. The Balaban J connectivity index is 3.25. The van der Waals surface area contributed by atoms with Gasteiger partial charge in [-0.1, -0.05) is 31.5 Å². The summed E-state index contributed by atoms with van der Waals surface area (Å²) >= 11 is 6.00. The van der Waals surface area contributed by atoms with Gasteiger partial charge < -0.3 is 15.2 Å². The highest BCUT2D eigenvalue weighted by molar-refractivity contribution is 6.29. The van der Waals surface area contributed by atoms with Crippen molar-refractivity contribution in [1.29, 1.82) is 0 Å². The molecule has 5 nitrogen and oxygen atoms in total. The van der Waals surface area contributed by atoms with E-state index in [9.17, 15) is 4.79 Å². The third-order valence-corrected chi connectivity index (χ3v) is 5.08. The number of ether oxygens (including phenoxy) is 2. The first-order valence-electron chi connectivity index (χ1n) is 8.46. The highest BCUT2D eigenvalue weighted by Crippen LogP contribution is 2.43. The van der Waals surface area contributed by atoms with Gasteiger partial charge in [0.15, 0.2) is 0 Å². The number of halogens is 1. The highest BCUT2D eigenvalue weighted by atomic mass is 35.5. The summed E-state index contributed by atoms with van der Waals surface area (Å²) in [5.41, 5.74) is 6.39. The number of esters is 1. The highest BCUT2D eigenvalue weighted by Gasteiger charge is 2.37. The van der Waals surface area contributed by atoms with Crippen LogP contribution in [0.25, 0.3) is 0 Å². The molecule has 0 bridgehead atoms. The Kier molecular flexibility index (Phi) is 8.50. The fourth-order valence-electron chi connectivity index (χ4n) is 3.31. The minimum Gasteiger partial charge on any atom is -0.481 e. The van der Waals surface area contributed by atoms with Gasteiger partial charge in [0.05, 0.1) is 20.1 Å². The topological polar surface area (TPSA) is 74.4 Å². The van der Waals surface area contributed by atoms with Crippen LogP contribution in [0, 0.1) is 5.92 Å². The zero-order valence-electron chi connectivity index (χ0n) is 15.1. The summed E-state index contributed by atoms with van der Waals surface area (Å²) in [5.74, 6) is 0.142. The van der Waals surface area contributed by atoms with E-state index in [2.05, 4.69) is 18.8 Å². The Bertz CT molecular complexity index is 533. The van der Waals surface area contributed by atoms with Crippen molar-refractivity contribution in [2.24, 2.45) is 11.7 Å². The maximum atomic E-state index is 12.2. The summed E-state index contributed by atoms with van der Waals surface area (Å²) in [6.45, 7) is 4.80. The zero-order valence-corrected chi connectivity index (χ0v) is 15.9. The molecule has 0 fully saturated rings. The van der Waals surface area contributed by atoms with Crippen LogP contribution in [0.15, 0.2) is 12.1 Å². The molecule has 0 amide bonds. The van der Waals surface area contributed by atoms with E-state index in [4.69, 9.17) is 26.8 Å². The van der Waals surface area contributed by atoms with Gasteiger partial charge in [0, 0.05) is 11.0 Å². The molecular formula is C18H29ClN2O3. The zero-order chi connectivity index (χ0) is 18.2. The predicted octanol–water partition coefficient (Wildman–Crippen LogP) is 3.72. The van der Waals surface area contributed by atoms with Crippen molar-refractivity contribution in [3.63, 3.8) is 0 Å². The quantitative estimate of drug-likeness (QED) is 0.510. The van der Waals surface area contributed by atoms with E-state index in [0.29, 0.717) is 30.4 Å². The number of pyridine rings is 1. The van der Waals surface area contributed by atoms with Crippen LogP contribution in [-0.4, -0.2) is 31.7 Å². The van der Waals surface area contributed by atoms with Gasteiger partial charge in [0.1, 0.15) is 5.15 Å². The van der Waals surface area contributed by atoms with Gasteiger partial charge in [-0.25, -0.2) is 4.98 Å². The second-order valence-corrected chi connectivity index (χ2v) is 6.42. The summed E-state index contributed by atoms with van der Waals surface area (Å²) < 4.78 is 10.5. The van der Waals surface area contributed by atoms with Gasteiger partial charge in [-0.05, 0) is 44.7 Å². The third kappa shape index (κ3) is 4.84. The van der Waals surface area contributed by atoms with Gasteiger partial charge in [-0.15, -0.1) is 0 Å². The third-order valence-electron chi connectivity index (χ3n) is 4.87. The van der Waals surface area contributed by atoms with E-state index >= 15 is 0 Å². The number of hydrogen-bond acceptors (Lipinski definition) is 5. The van der Waals surface area contributed by atoms with Crippen molar-refractivity contribution < 1.29 is 14.3 Å². The van der Waals surface area contributed by atoms with Crippen molar-refractivity contribution >= 4 is 17.6 Å². The lowest BCUT2D eigenvalue weighted by Crippen LogP contribution is -2.32. The van der Waals surface area contributed by atoms with Gasteiger partial charge in [-0.3, -0.25) is 4.79 Å². The predicted molar refractivity (Wildman–Crippen MR) is 96.5 cm³/mol. The Morgan fingerprint density at radius 2 is 2.00 bits per heavy atom. The molecule has 1 atom stereocenters. The van der Waals surface area contributed by atoms with Crippen molar-refractivity contribution in [1.82, 2.24) is 4.98 Å². The maximum absolute atomic E-state index is 12.2. The molecule has 1 rings (SSSR count). The Hall–Kier alpha value is -1.33. The number of methoxy groups -OCH3 is 2. The Morgan fingerprint density at radius 3 is 2.50 bits per heavy atom. The molecule has 0 aromatic carbocycles. The molecule has 6 heteroatoms. The summed E-state index contributed by atoms with van der Waals surface area (Å²) in [4.78, 5) is 16.5. The molecule has 0 saturated heterocycles. The number of aromatic nitrogens is 1. The molecule has 24 heavy (non-hydrogen) atoms. The smallest absolute Gasteiger partial charge is 0.308 e. The first-order chi connectivity index (χ1) is 11.5. The first-order valence-corrected chi connectivity index (χ1v) is 8.84. The van der Waals surface area contributed by atoms with E-state index in [1.807, 2.05) is 6.07 Å². The summed E-state index contributed by atoms with van der Waals surface area (Å²) in [7, 11) is 3.02. The van der Waals surface area contributed by atoms with Crippen molar-refractivity contribution in [3.05, 3.63) is 22.8 Å². The molecular weight excluding hydrogens is 328 g/mol. The molecule has 0 aliphatic rings. The SMILES string of the molecule is CCC(CC)(CC(CCCN)C(=O)OC)c1ccc(Cl)nc1OC. The minimum absolute atomic E-state index is 0.185. The standard InChI is InChI=1S/C18H29ClN2O3/c1-5-18(6-2,12-13(8-7-11-20)17(22)24-4)14-9-10-15(19)21-16(14)23-3/h9-10,13H,5-8,11-12,20H2,1-4H3. The first kappa shape index (κ1) is 20.7. The monoisotopic (exact) mass is 356 g/mol. The Labute approximate surface area is 149 Å². The van der Waals surface area contributed by atoms with Crippen LogP contribution in [0.5, 0.6) is 5.88 Å². The number of nitrogens with two attached hydrogens (primary N) is 1. The molecule has 2 N–H and O–H groups in total. The number of carbonyl (C=O) groups excluding carboxylic acids is 1. The summed E-state index contributed by atoms with van der Waals surface area (Å²) in [5, 5.41) is 0.393. The maximum Gasteiger partial charge on any atom is 0.308 e. The Morgan fingerprint density at radius 1 is 1.33 bits per heavy atom. The number of hydrogen-bond donors (Lipinski definition) is 1. The van der Waals surface area contributed by atoms with Gasteiger partial charge >= 0.3 is 5.97 Å². The molecule has 0 aliphatic carbocycles. The van der Waals surface area contributed by atoms with Crippen molar-refractivity contribution in [2.45, 2.75) is 51.4 Å². The van der Waals surface area contributed by atoms with E-state index in [1.54, 1.807) is 13.2 Å². The molecule has 136 valence electrons. The molecule has 0 aliphatic heterocycles. The van der Waals surface area contributed by atoms with E-state index < -0.39 is 0 Å². The van der Waals surface area contributed by atoms with Gasteiger partial charge in [0.25, 0.3) is 0 Å². The lowest BCUT2D eigenvalue weighted by atomic mass is 9.69. The molecule has 0 saturated carbocycles. The molecule has 0 radical (unpaired) electrons. The number of rotatable bonds is 10. The summed E-state index contributed by atoms with van der Waals surface area (Å²) in [6, 6.07) is 3.73. The van der Waals surface area contributed by atoms with E-state index in [1.165, 1.54) is 7.11 Å².